The topological polar surface area (TPSA) is 37.4 Å². The summed E-state index contributed by atoms with van der Waals surface area (Å²) < 4.78 is 0. The van der Waals surface area contributed by atoms with E-state index in [9.17, 15) is 9.59 Å². The average Bonchev–Trinajstić information content (AvgIpc) is 3.06. The zero-order valence-corrected chi connectivity index (χ0v) is 16.6. The summed E-state index contributed by atoms with van der Waals surface area (Å²) in [5.41, 5.74) is 2.24. The number of likely N-dealkylation sites (tertiary alicyclic amines) is 1. The maximum absolute atomic E-state index is 13.7. The molecule has 2 aliphatic carbocycles. The van der Waals surface area contributed by atoms with Crippen LogP contribution in [0, 0.1) is 11.8 Å². The molecule has 0 unspecified atom stereocenters. The maximum Gasteiger partial charge on any atom is 0.234 e. The molecule has 29 heavy (non-hydrogen) atoms. The zero-order valence-electron chi connectivity index (χ0n) is 16.6. The number of hydrogen-bond donors (Lipinski definition) is 0. The van der Waals surface area contributed by atoms with Crippen molar-refractivity contribution in [3.05, 3.63) is 83.9 Å². The molecule has 4 atom stereocenters. The van der Waals surface area contributed by atoms with Crippen LogP contribution in [0.1, 0.15) is 55.1 Å². The minimum Gasteiger partial charge on any atom is -0.279 e. The van der Waals surface area contributed by atoms with Gasteiger partial charge in [-0.3, -0.25) is 14.5 Å². The van der Waals surface area contributed by atoms with Crippen LogP contribution in [0.3, 0.4) is 0 Å². The van der Waals surface area contributed by atoms with Crippen LogP contribution >= 0.6 is 0 Å². The monoisotopic (exact) mass is 385 g/mol. The van der Waals surface area contributed by atoms with E-state index in [-0.39, 0.29) is 41.5 Å². The third kappa shape index (κ3) is 3.13. The Labute approximate surface area is 172 Å². The van der Waals surface area contributed by atoms with Crippen molar-refractivity contribution >= 4 is 11.8 Å². The lowest BCUT2D eigenvalue weighted by atomic mass is 9.68. The number of allylic oxidation sites excluding steroid dienone is 2. The van der Waals surface area contributed by atoms with E-state index in [1.807, 2.05) is 36.4 Å². The van der Waals surface area contributed by atoms with Gasteiger partial charge in [0.1, 0.15) is 0 Å². The fourth-order valence-electron chi connectivity index (χ4n) is 5.66. The molecule has 2 amide bonds. The Bertz CT molecular complexity index is 847. The highest BCUT2D eigenvalue weighted by Gasteiger charge is 2.56. The van der Waals surface area contributed by atoms with Gasteiger partial charge in [-0.25, -0.2) is 0 Å². The molecule has 0 aromatic heterocycles. The SMILES string of the molecule is O=C1[C@H]2[C@H](C(=O)N1C1CCCCC1)[C@@H](c1ccccc1)C=C[C@@H]2c1ccccc1. The van der Waals surface area contributed by atoms with Crippen LogP contribution in [0.25, 0.3) is 0 Å². The molecule has 1 saturated heterocycles. The Hall–Kier alpha value is -2.68. The molecule has 2 fully saturated rings. The Morgan fingerprint density at radius 1 is 0.621 bits per heavy atom. The van der Waals surface area contributed by atoms with Gasteiger partial charge in [-0.05, 0) is 24.0 Å². The maximum atomic E-state index is 13.7. The summed E-state index contributed by atoms with van der Waals surface area (Å²) >= 11 is 0. The van der Waals surface area contributed by atoms with Crippen molar-refractivity contribution in [3.8, 4) is 0 Å². The van der Waals surface area contributed by atoms with Crippen molar-refractivity contribution in [1.82, 2.24) is 4.90 Å². The summed E-state index contributed by atoms with van der Waals surface area (Å²) in [5, 5.41) is 0. The second kappa shape index (κ2) is 7.62. The number of carbonyl (C=O) groups excluding carboxylic acids is 2. The van der Waals surface area contributed by atoms with Gasteiger partial charge in [-0.15, -0.1) is 0 Å². The predicted molar refractivity (Wildman–Crippen MR) is 113 cm³/mol. The summed E-state index contributed by atoms with van der Waals surface area (Å²) in [6.07, 6.45) is 9.68. The predicted octanol–water partition coefficient (Wildman–Crippen LogP) is 5.06. The van der Waals surface area contributed by atoms with E-state index in [0.717, 1.165) is 36.8 Å². The van der Waals surface area contributed by atoms with Gasteiger partial charge in [0, 0.05) is 17.9 Å². The van der Waals surface area contributed by atoms with Crippen molar-refractivity contribution in [1.29, 1.82) is 0 Å². The number of carbonyl (C=O) groups is 2. The molecule has 3 heteroatoms. The number of benzene rings is 2. The van der Waals surface area contributed by atoms with E-state index in [4.69, 9.17) is 0 Å². The molecule has 0 spiro atoms. The Balaban J connectivity index is 1.58. The molecule has 148 valence electrons. The molecule has 3 aliphatic rings. The molecule has 3 nitrogen and oxygen atoms in total. The standard InChI is InChI=1S/C26H27NO2/c28-25-23-21(18-10-4-1-5-11-18)16-17-22(19-12-6-2-7-13-19)24(23)26(29)27(25)20-14-8-3-9-15-20/h1-2,4-7,10-13,16-17,20-24H,3,8-9,14-15H2/t21-,22-,23-,24-/m1/s1. The number of imide groups is 1. The Morgan fingerprint density at radius 3 is 1.52 bits per heavy atom. The van der Waals surface area contributed by atoms with Crippen molar-refractivity contribution < 1.29 is 9.59 Å². The van der Waals surface area contributed by atoms with Gasteiger partial charge in [0.2, 0.25) is 11.8 Å². The molecule has 0 bridgehead atoms. The van der Waals surface area contributed by atoms with Crippen LogP contribution in [-0.2, 0) is 9.59 Å². The van der Waals surface area contributed by atoms with Gasteiger partial charge >= 0.3 is 0 Å². The summed E-state index contributed by atoms with van der Waals surface area (Å²) in [6.45, 7) is 0. The lowest BCUT2D eigenvalue weighted by molar-refractivity contribution is -0.143. The minimum absolute atomic E-state index is 0.0359. The summed E-state index contributed by atoms with van der Waals surface area (Å²) in [6, 6.07) is 20.5. The van der Waals surface area contributed by atoms with E-state index < -0.39 is 0 Å². The first-order chi connectivity index (χ1) is 14.3. The Morgan fingerprint density at radius 2 is 1.07 bits per heavy atom. The van der Waals surface area contributed by atoms with Gasteiger partial charge in [-0.1, -0.05) is 92.1 Å². The molecule has 1 saturated carbocycles. The molecule has 1 aliphatic heterocycles. The lowest BCUT2D eigenvalue weighted by Gasteiger charge is -2.32. The molecule has 0 radical (unpaired) electrons. The lowest BCUT2D eigenvalue weighted by Crippen LogP contribution is -2.42. The third-order valence-electron chi connectivity index (χ3n) is 7.04. The minimum atomic E-state index is -0.304. The molecule has 2 aromatic rings. The second-order valence-electron chi connectivity index (χ2n) is 8.65. The molecule has 2 aromatic carbocycles. The molecule has 1 heterocycles. The number of fused-ring (bicyclic) bond motifs is 1. The van der Waals surface area contributed by atoms with E-state index in [0.29, 0.717) is 0 Å². The van der Waals surface area contributed by atoms with Crippen LogP contribution in [0.15, 0.2) is 72.8 Å². The first-order valence-corrected chi connectivity index (χ1v) is 10.9. The van der Waals surface area contributed by atoms with Crippen molar-refractivity contribution in [2.45, 2.75) is 50.0 Å². The van der Waals surface area contributed by atoms with Gasteiger partial charge < -0.3 is 0 Å². The summed E-state index contributed by atoms with van der Waals surface area (Å²) in [4.78, 5) is 29.0. The van der Waals surface area contributed by atoms with Crippen LogP contribution in [-0.4, -0.2) is 22.8 Å². The quantitative estimate of drug-likeness (QED) is 0.547. The smallest absolute Gasteiger partial charge is 0.234 e. The van der Waals surface area contributed by atoms with Crippen molar-refractivity contribution in [3.63, 3.8) is 0 Å². The second-order valence-corrected chi connectivity index (χ2v) is 8.65. The fraction of sp³-hybridized carbons (Fsp3) is 0.385. The van der Waals surface area contributed by atoms with Gasteiger partial charge in [0.25, 0.3) is 0 Å². The first-order valence-electron chi connectivity index (χ1n) is 10.9. The van der Waals surface area contributed by atoms with Crippen molar-refractivity contribution in [2.24, 2.45) is 11.8 Å². The van der Waals surface area contributed by atoms with E-state index in [1.54, 1.807) is 4.90 Å². The summed E-state index contributed by atoms with van der Waals surface area (Å²) in [7, 11) is 0. The molecular weight excluding hydrogens is 358 g/mol. The van der Waals surface area contributed by atoms with E-state index in [1.165, 1.54) is 6.42 Å². The van der Waals surface area contributed by atoms with Gasteiger partial charge in [0.15, 0.2) is 0 Å². The highest BCUT2D eigenvalue weighted by atomic mass is 16.2. The fourth-order valence-corrected chi connectivity index (χ4v) is 5.66. The van der Waals surface area contributed by atoms with Gasteiger partial charge in [-0.2, -0.15) is 0 Å². The van der Waals surface area contributed by atoms with E-state index >= 15 is 0 Å². The van der Waals surface area contributed by atoms with Crippen molar-refractivity contribution in [2.75, 3.05) is 0 Å². The molecule has 0 N–H and O–H groups in total. The van der Waals surface area contributed by atoms with Crippen LogP contribution < -0.4 is 0 Å². The zero-order chi connectivity index (χ0) is 19.8. The normalized spacial score (nSPS) is 29.9. The first kappa shape index (κ1) is 18.4. The number of nitrogens with zero attached hydrogens (tertiary/aromatic N) is 1. The molecular formula is C26H27NO2. The molecule has 5 rings (SSSR count). The summed E-state index contributed by atoms with van der Waals surface area (Å²) in [5.74, 6) is -0.585. The van der Waals surface area contributed by atoms with Crippen LogP contribution in [0.5, 0.6) is 0 Å². The van der Waals surface area contributed by atoms with E-state index in [2.05, 4.69) is 36.4 Å². The largest absolute Gasteiger partial charge is 0.279 e. The highest BCUT2D eigenvalue weighted by Crippen LogP contribution is 2.50. The number of rotatable bonds is 3. The number of hydrogen-bond acceptors (Lipinski definition) is 2. The average molecular weight is 386 g/mol. The Kier molecular flexibility index (Phi) is 4.83. The van der Waals surface area contributed by atoms with Crippen LogP contribution in [0.4, 0.5) is 0 Å². The van der Waals surface area contributed by atoms with Gasteiger partial charge in [0.05, 0.1) is 11.8 Å². The van der Waals surface area contributed by atoms with Crippen LogP contribution in [0.2, 0.25) is 0 Å². The highest BCUT2D eigenvalue weighted by molar-refractivity contribution is 6.07. The number of amides is 2. The third-order valence-corrected chi connectivity index (χ3v) is 7.04.